The number of nitrogens with zero attached hydrogens (tertiary/aromatic N) is 1. The Morgan fingerprint density at radius 2 is 2.24 bits per heavy atom. The van der Waals surface area contributed by atoms with E-state index in [1.165, 1.54) is 51.1 Å². The predicted molar refractivity (Wildman–Crippen MR) is 77.8 cm³/mol. The molecule has 0 aliphatic carbocycles. The van der Waals surface area contributed by atoms with Crippen molar-refractivity contribution in [2.75, 3.05) is 25.4 Å². The zero-order valence-electron chi connectivity index (χ0n) is 11.7. The Morgan fingerprint density at radius 1 is 1.41 bits per heavy atom. The van der Waals surface area contributed by atoms with Crippen molar-refractivity contribution >= 4 is 11.8 Å². The van der Waals surface area contributed by atoms with Gasteiger partial charge in [-0.25, -0.2) is 0 Å². The van der Waals surface area contributed by atoms with Crippen LogP contribution in [0, 0.1) is 0 Å². The zero-order chi connectivity index (χ0) is 12.3. The van der Waals surface area contributed by atoms with Crippen LogP contribution in [0.1, 0.15) is 46.5 Å². The van der Waals surface area contributed by atoms with Crippen LogP contribution in [0.4, 0.5) is 0 Å². The van der Waals surface area contributed by atoms with Gasteiger partial charge in [0.1, 0.15) is 0 Å². The average Bonchev–Trinajstić information content (AvgIpc) is 2.74. The van der Waals surface area contributed by atoms with Crippen molar-refractivity contribution in [2.24, 2.45) is 0 Å². The molecule has 0 saturated carbocycles. The van der Waals surface area contributed by atoms with Gasteiger partial charge in [-0.15, -0.1) is 0 Å². The zero-order valence-corrected chi connectivity index (χ0v) is 12.5. The fourth-order valence-electron chi connectivity index (χ4n) is 3.38. The van der Waals surface area contributed by atoms with Crippen LogP contribution in [0.15, 0.2) is 0 Å². The van der Waals surface area contributed by atoms with Gasteiger partial charge >= 0.3 is 0 Å². The number of hydrogen-bond acceptors (Lipinski definition) is 3. The Hall–Kier alpha value is 0.270. The second-order valence-corrected chi connectivity index (χ2v) is 7.33. The lowest BCUT2D eigenvalue weighted by molar-refractivity contribution is 0.145. The summed E-state index contributed by atoms with van der Waals surface area (Å²) in [4.78, 5) is 2.73. The van der Waals surface area contributed by atoms with E-state index >= 15 is 0 Å². The van der Waals surface area contributed by atoms with Crippen molar-refractivity contribution in [2.45, 2.75) is 63.3 Å². The maximum absolute atomic E-state index is 3.81. The lowest BCUT2D eigenvalue weighted by Gasteiger charge is -2.43. The smallest absolute Gasteiger partial charge is 0.0309 e. The van der Waals surface area contributed by atoms with Gasteiger partial charge in [0.2, 0.25) is 0 Å². The fourth-order valence-corrected chi connectivity index (χ4v) is 4.54. The summed E-state index contributed by atoms with van der Waals surface area (Å²) >= 11 is 2.14. The molecule has 0 amide bonds. The van der Waals surface area contributed by atoms with Crippen LogP contribution in [0.5, 0.6) is 0 Å². The first-order valence-electron chi connectivity index (χ1n) is 7.27. The normalized spacial score (nSPS) is 39.7. The molecule has 2 aliphatic heterocycles. The highest BCUT2D eigenvalue weighted by Crippen LogP contribution is 2.30. The Labute approximate surface area is 111 Å². The molecule has 0 bridgehead atoms. The van der Waals surface area contributed by atoms with E-state index in [2.05, 4.69) is 42.7 Å². The highest BCUT2D eigenvalue weighted by Gasteiger charge is 2.37. The van der Waals surface area contributed by atoms with Gasteiger partial charge in [-0.3, -0.25) is 4.90 Å². The van der Waals surface area contributed by atoms with Crippen molar-refractivity contribution < 1.29 is 0 Å². The van der Waals surface area contributed by atoms with E-state index in [9.17, 15) is 0 Å². The van der Waals surface area contributed by atoms with E-state index in [0.29, 0.717) is 5.54 Å². The summed E-state index contributed by atoms with van der Waals surface area (Å²) in [5.41, 5.74) is 0.435. The highest BCUT2D eigenvalue weighted by molar-refractivity contribution is 8.00. The SMILES string of the molecule is CCCC1(CN2CCSC(C)C2C)CCCN1. The maximum Gasteiger partial charge on any atom is 0.0309 e. The summed E-state index contributed by atoms with van der Waals surface area (Å²) < 4.78 is 0. The van der Waals surface area contributed by atoms with Crippen LogP contribution in [0.2, 0.25) is 0 Å². The van der Waals surface area contributed by atoms with E-state index in [1.807, 2.05) is 0 Å². The summed E-state index contributed by atoms with van der Waals surface area (Å²) in [6, 6.07) is 0.741. The van der Waals surface area contributed by atoms with E-state index in [0.717, 1.165) is 11.3 Å². The van der Waals surface area contributed by atoms with Crippen LogP contribution >= 0.6 is 11.8 Å². The summed E-state index contributed by atoms with van der Waals surface area (Å²) in [5.74, 6) is 1.31. The van der Waals surface area contributed by atoms with Crippen molar-refractivity contribution in [3.05, 3.63) is 0 Å². The van der Waals surface area contributed by atoms with Gasteiger partial charge in [0, 0.05) is 35.7 Å². The van der Waals surface area contributed by atoms with E-state index < -0.39 is 0 Å². The molecule has 0 aromatic heterocycles. The average molecular weight is 256 g/mol. The Kier molecular flexibility index (Phi) is 4.79. The minimum absolute atomic E-state index is 0.435. The molecule has 3 unspecified atom stereocenters. The highest BCUT2D eigenvalue weighted by atomic mass is 32.2. The summed E-state index contributed by atoms with van der Waals surface area (Å²) in [5, 5.41) is 4.60. The number of nitrogens with one attached hydrogen (secondary N) is 1. The van der Waals surface area contributed by atoms with Gasteiger partial charge in [0.15, 0.2) is 0 Å². The van der Waals surface area contributed by atoms with Gasteiger partial charge in [-0.1, -0.05) is 20.3 Å². The predicted octanol–water partition coefficient (Wildman–Crippen LogP) is 2.73. The number of rotatable bonds is 4. The van der Waals surface area contributed by atoms with Gasteiger partial charge in [-0.05, 0) is 32.7 Å². The van der Waals surface area contributed by atoms with Gasteiger partial charge in [-0.2, -0.15) is 11.8 Å². The monoisotopic (exact) mass is 256 g/mol. The Balaban J connectivity index is 1.97. The molecule has 0 aromatic rings. The van der Waals surface area contributed by atoms with Crippen LogP contribution in [-0.4, -0.2) is 47.1 Å². The van der Waals surface area contributed by atoms with Crippen LogP contribution in [0.3, 0.4) is 0 Å². The lowest BCUT2D eigenvalue weighted by Crippen LogP contribution is -2.55. The Bertz CT molecular complexity index is 238. The molecule has 0 aromatic carbocycles. The maximum atomic E-state index is 3.81. The molecule has 2 fully saturated rings. The molecule has 2 saturated heterocycles. The molecular formula is C14H28N2S. The standard InChI is InChI=1S/C14H28N2S/c1-4-6-14(7-5-8-15-14)11-16-9-10-17-13(3)12(16)2/h12-13,15H,4-11H2,1-3H3. The van der Waals surface area contributed by atoms with E-state index in [-0.39, 0.29) is 0 Å². The molecule has 2 heterocycles. The molecule has 1 N–H and O–H groups in total. The van der Waals surface area contributed by atoms with Crippen molar-refractivity contribution in [1.29, 1.82) is 0 Å². The van der Waals surface area contributed by atoms with Gasteiger partial charge in [0.25, 0.3) is 0 Å². The molecular weight excluding hydrogens is 228 g/mol. The molecule has 0 spiro atoms. The first-order valence-corrected chi connectivity index (χ1v) is 8.32. The summed E-state index contributed by atoms with van der Waals surface area (Å²) in [6.07, 6.45) is 5.40. The van der Waals surface area contributed by atoms with Crippen LogP contribution in [0.25, 0.3) is 0 Å². The van der Waals surface area contributed by atoms with Crippen LogP contribution < -0.4 is 5.32 Å². The third-order valence-corrected chi connectivity index (χ3v) is 5.92. The van der Waals surface area contributed by atoms with Crippen molar-refractivity contribution in [3.8, 4) is 0 Å². The largest absolute Gasteiger partial charge is 0.310 e. The second-order valence-electron chi connectivity index (χ2n) is 5.85. The molecule has 2 rings (SSSR count). The fraction of sp³-hybridized carbons (Fsp3) is 1.00. The van der Waals surface area contributed by atoms with Crippen LogP contribution in [-0.2, 0) is 0 Å². The molecule has 3 atom stereocenters. The minimum Gasteiger partial charge on any atom is -0.310 e. The molecule has 0 radical (unpaired) electrons. The molecule has 2 nitrogen and oxygen atoms in total. The summed E-state index contributed by atoms with van der Waals surface area (Å²) in [7, 11) is 0. The third kappa shape index (κ3) is 3.18. The third-order valence-electron chi connectivity index (χ3n) is 4.58. The first kappa shape index (κ1) is 13.7. The van der Waals surface area contributed by atoms with Gasteiger partial charge < -0.3 is 5.32 Å². The topological polar surface area (TPSA) is 15.3 Å². The molecule has 2 aliphatic rings. The number of hydrogen-bond donors (Lipinski definition) is 1. The quantitative estimate of drug-likeness (QED) is 0.832. The van der Waals surface area contributed by atoms with Crippen molar-refractivity contribution in [3.63, 3.8) is 0 Å². The van der Waals surface area contributed by atoms with Gasteiger partial charge in [0.05, 0.1) is 0 Å². The molecule has 100 valence electrons. The van der Waals surface area contributed by atoms with E-state index in [4.69, 9.17) is 0 Å². The lowest BCUT2D eigenvalue weighted by atomic mass is 9.90. The first-order chi connectivity index (χ1) is 8.17. The molecule has 3 heteroatoms. The Morgan fingerprint density at radius 3 is 2.88 bits per heavy atom. The minimum atomic E-state index is 0.435. The molecule has 17 heavy (non-hydrogen) atoms. The van der Waals surface area contributed by atoms with Crippen molar-refractivity contribution in [1.82, 2.24) is 10.2 Å². The van der Waals surface area contributed by atoms with E-state index in [1.54, 1.807) is 0 Å². The summed E-state index contributed by atoms with van der Waals surface area (Å²) in [6.45, 7) is 10.9. The number of thioether (sulfide) groups is 1. The second kappa shape index (κ2) is 5.94.